The first-order chi connectivity index (χ1) is 9.76. The molecule has 1 heterocycles. The highest BCUT2D eigenvalue weighted by Crippen LogP contribution is 2.30. The summed E-state index contributed by atoms with van der Waals surface area (Å²) < 4.78 is 0. The van der Waals surface area contributed by atoms with Crippen LogP contribution in [0.15, 0.2) is 42.0 Å². The molecule has 2 unspecified atom stereocenters. The monoisotopic (exact) mass is 288 g/mol. The molecule has 0 amide bonds. The van der Waals surface area contributed by atoms with Gasteiger partial charge in [-0.2, -0.15) is 0 Å². The predicted molar refractivity (Wildman–Crippen MR) is 86.9 cm³/mol. The van der Waals surface area contributed by atoms with Gasteiger partial charge in [0.15, 0.2) is 0 Å². The highest BCUT2D eigenvalue weighted by atomic mass is 32.1. The molecule has 0 spiro atoms. The molecule has 3 heteroatoms. The van der Waals surface area contributed by atoms with Crippen molar-refractivity contribution < 1.29 is 0 Å². The quantitative estimate of drug-likeness (QED) is 0.778. The molecule has 1 aromatic carbocycles. The maximum Gasteiger partial charge on any atom is 0.0794 e. The van der Waals surface area contributed by atoms with E-state index in [0.717, 1.165) is 0 Å². The maximum absolute atomic E-state index is 4.19. The van der Waals surface area contributed by atoms with E-state index in [2.05, 4.69) is 61.4 Å². The molecule has 0 saturated heterocycles. The lowest BCUT2D eigenvalue weighted by Crippen LogP contribution is -2.30. The van der Waals surface area contributed by atoms with Gasteiger partial charge in [0.2, 0.25) is 0 Å². The Hall–Kier alpha value is -1.19. The number of hydrogen-bond acceptors (Lipinski definition) is 3. The molecule has 0 radical (unpaired) electrons. The van der Waals surface area contributed by atoms with Crippen LogP contribution < -0.4 is 5.32 Å². The first kappa shape index (κ1) is 15.2. The molecule has 0 aliphatic rings. The van der Waals surface area contributed by atoms with E-state index in [4.69, 9.17) is 0 Å². The molecule has 1 aromatic heterocycles. The number of hydrogen-bond donors (Lipinski definition) is 1. The third kappa shape index (κ3) is 3.68. The van der Waals surface area contributed by atoms with Gasteiger partial charge in [-0.15, -0.1) is 11.3 Å². The fraction of sp³-hybridized carbons (Fsp3) is 0.471. The largest absolute Gasteiger partial charge is 0.302 e. The van der Waals surface area contributed by atoms with Gasteiger partial charge in [0.05, 0.1) is 5.51 Å². The zero-order valence-corrected chi connectivity index (χ0v) is 13.4. The Morgan fingerprint density at radius 3 is 2.40 bits per heavy atom. The Kier molecular flexibility index (Phi) is 5.74. The van der Waals surface area contributed by atoms with E-state index < -0.39 is 0 Å². The van der Waals surface area contributed by atoms with Crippen LogP contribution in [0.5, 0.6) is 0 Å². The number of nitrogens with zero attached hydrogens (tertiary/aromatic N) is 1. The van der Waals surface area contributed by atoms with Crippen LogP contribution in [-0.4, -0.2) is 4.98 Å². The molecule has 0 bridgehead atoms. The van der Waals surface area contributed by atoms with Crippen molar-refractivity contribution in [3.63, 3.8) is 0 Å². The molecule has 2 aromatic rings. The lowest BCUT2D eigenvalue weighted by Gasteiger charge is -2.29. The standard InChI is InChI=1S/C17H24N2S/c1-4-14(5-2)17(15-9-7-6-8-10-15)19-13(3)16-11-18-12-20-16/h6-14,17,19H,4-5H2,1-3H3. The van der Waals surface area contributed by atoms with E-state index in [-0.39, 0.29) is 0 Å². The summed E-state index contributed by atoms with van der Waals surface area (Å²) in [6, 6.07) is 11.6. The minimum absolute atomic E-state index is 0.341. The molecule has 1 N–H and O–H groups in total. The summed E-state index contributed by atoms with van der Waals surface area (Å²) in [7, 11) is 0. The topological polar surface area (TPSA) is 24.9 Å². The van der Waals surface area contributed by atoms with Crippen molar-refractivity contribution in [3.05, 3.63) is 52.5 Å². The highest BCUT2D eigenvalue weighted by molar-refractivity contribution is 7.09. The third-order valence-corrected chi connectivity index (χ3v) is 4.94. The zero-order chi connectivity index (χ0) is 14.4. The van der Waals surface area contributed by atoms with Gasteiger partial charge in [-0.1, -0.05) is 57.0 Å². The normalized spacial score (nSPS) is 14.4. The van der Waals surface area contributed by atoms with Gasteiger partial charge in [0.25, 0.3) is 0 Å². The second-order valence-electron chi connectivity index (χ2n) is 5.26. The molecule has 2 rings (SSSR count). The van der Waals surface area contributed by atoms with Crippen molar-refractivity contribution in [3.8, 4) is 0 Å². The van der Waals surface area contributed by atoms with Gasteiger partial charge in [-0.25, -0.2) is 0 Å². The average molecular weight is 288 g/mol. The number of thiazole rings is 1. The molecule has 0 aliphatic carbocycles. The second kappa shape index (κ2) is 7.55. The molecular weight excluding hydrogens is 264 g/mol. The molecule has 0 aliphatic heterocycles. The van der Waals surface area contributed by atoms with Crippen LogP contribution in [0.25, 0.3) is 0 Å². The Labute approximate surface area is 126 Å². The summed E-state index contributed by atoms with van der Waals surface area (Å²) >= 11 is 1.72. The summed E-state index contributed by atoms with van der Waals surface area (Å²) in [6.45, 7) is 6.79. The summed E-state index contributed by atoms with van der Waals surface area (Å²) in [5, 5.41) is 3.81. The highest BCUT2D eigenvalue weighted by Gasteiger charge is 2.22. The van der Waals surface area contributed by atoms with Crippen LogP contribution in [0, 0.1) is 5.92 Å². The lowest BCUT2D eigenvalue weighted by atomic mass is 9.88. The van der Waals surface area contributed by atoms with Crippen LogP contribution in [0.1, 0.15) is 56.1 Å². The van der Waals surface area contributed by atoms with Crippen molar-refractivity contribution >= 4 is 11.3 Å². The lowest BCUT2D eigenvalue weighted by molar-refractivity contribution is 0.318. The molecule has 0 saturated carbocycles. The first-order valence-electron chi connectivity index (χ1n) is 7.45. The summed E-state index contributed by atoms with van der Waals surface area (Å²) in [5.74, 6) is 0.660. The van der Waals surface area contributed by atoms with E-state index in [0.29, 0.717) is 18.0 Å². The number of rotatable bonds is 7. The van der Waals surface area contributed by atoms with E-state index in [1.54, 1.807) is 11.3 Å². The minimum atomic E-state index is 0.341. The van der Waals surface area contributed by atoms with Gasteiger partial charge < -0.3 is 5.32 Å². The van der Waals surface area contributed by atoms with Crippen LogP contribution in [-0.2, 0) is 0 Å². The third-order valence-electron chi connectivity index (χ3n) is 3.99. The summed E-state index contributed by atoms with van der Waals surface area (Å²) in [5.41, 5.74) is 3.29. The van der Waals surface area contributed by atoms with Gasteiger partial charge in [0.1, 0.15) is 0 Å². The predicted octanol–water partition coefficient (Wildman–Crippen LogP) is 4.97. The molecule has 2 nitrogen and oxygen atoms in total. The van der Waals surface area contributed by atoms with Crippen LogP contribution >= 0.6 is 11.3 Å². The van der Waals surface area contributed by atoms with Crippen molar-refractivity contribution in [1.82, 2.24) is 10.3 Å². The molecule has 2 atom stereocenters. The van der Waals surface area contributed by atoms with Gasteiger partial charge >= 0.3 is 0 Å². The van der Waals surface area contributed by atoms with Crippen molar-refractivity contribution in [2.75, 3.05) is 0 Å². The number of nitrogens with one attached hydrogen (secondary N) is 1. The van der Waals surface area contributed by atoms with Gasteiger partial charge in [-0.3, -0.25) is 4.98 Å². The Morgan fingerprint density at radius 1 is 1.15 bits per heavy atom. The minimum Gasteiger partial charge on any atom is -0.302 e. The van der Waals surface area contributed by atoms with Crippen LogP contribution in [0.4, 0.5) is 0 Å². The van der Waals surface area contributed by atoms with Crippen molar-refractivity contribution in [2.45, 2.75) is 45.7 Å². The SMILES string of the molecule is CCC(CC)C(NC(C)c1cncs1)c1ccccc1. The average Bonchev–Trinajstić information content (AvgIpc) is 3.02. The second-order valence-corrected chi connectivity index (χ2v) is 6.18. The fourth-order valence-corrected chi connectivity index (χ4v) is 3.35. The van der Waals surface area contributed by atoms with Crippen LogP contribution in [0.2, 0.25) is 0 Å². The zero-order valence-electron chi connectivity index (χ0n) is 12.5. The molecular formula is C17H24N2S. The summed E-state index contributed by atoms with van der Waals surface area (Å²) in [6.07, 6.45) is 4.36. The summed E-state index contributed by atoms with van der Waals surface area (Å²) in [4.78, 5) is 5.49. The number of aromatic nitrogens is 1. The van der Waals surface area contributed by atoms with E-state index in [9.17, 15) is 0 Å². The number of benzene rings is 1. The molecule has 0 fully saturated rings. The molecule has 20 heavy (non-hydrogen) atoms. The smallest absolute Gasteiger partial charge is 0.0794 e. The van der Waals surface area contributed by atoms with Crippen LogP contribution in [0.3, 0.4) is 0 Å². The Bertz CT molecular complexity index is 477. The van der Waals surface area contributed by atoms with Gasteiger partial charge in [-0.05, 0) is 18.4 Å². The van der Waals surface area contributed by atoms with Crippen molar-refractivity contribution in [1.29, 1.82) is 0 Å². The van der Waals surface area contributed by atoms with E-state index in [1.165, 1.54) is 23.3 Å². The van der Waals surface area contributed by atoms with E-state index in [1.807, 2.05) is 11.7 Å². The Morgan fingerprint density at radius 2 is 1.85 bits per heavy atom. The first-order valence-corrected chi connectivity index (χ1v) is 8.33. The van der Waals surface area contributed by atoms with E-state index >= 15 is 0 Å². The molecule has 108 valence electrons. The van der Waals surface area contributed by atoms with Crippen molar-refractivity contribution in [2.24, 2.45) is 5.92 Å². The maximum atomic E-state index is 4.19. The fourth-order valence-electron chi connectivity index (χ4n) is 2.72. The van der Waals surface area contributed by atoms with Gasteiger partial charge in [0, 0.05) is 23.2 Å². The Balaban J connectivity index is 2.18.